The van der Waals surface area contributed by atoms with Crippen molar-refractivity contribution in [3.05, 3.63) is 28.2 Å². The number of hydrogen-bond donors (Lipinski definition) is 1. The maximum absolute atomic E-state index is 3.63. The Bertz CT molecular complexity index is 404. The van der Waals surface area contributed by atoms with Crippen molar-refractivity contribution < 1.29 is 0 Å². The molecular weight excluding hydrogens is 324 g/mol. The molecule has 0 spiro atoms. The highest BCUT2D eigenvalue weighted by atomic mass is 79.9. The van der Waals surface area contributed by atoms with Crippen molar-refractivity contribution in [2.75, 3.05) is 18.0 Å². The fraction of sp³-hybridized carbons (Fsp3) is 0.667. The molecule has 0 atom stereocenters. The Balaban J connectivity index is 2.90. The Hall–Kier alpha value is -0.540. The molecule has 0 radical (unpaired) electrons. The standard InChI is InChI=1S/C18H31BrN2/c1-5-7-8-12-21(15(3)4)18-13-17(19)10-9-16(18)14-20-11-6-2/h9-10,13,15,20H,5-8,11-12,14H2,1-4H3. The predicted molar refractivity (Wildman–Crippen MR) is 98.1 cm³/mol. The van der Waals surface area contributed by atoms with E-state index in [-0.39, 0.29) is 0 Å². The Labute approximate surface area is 139 Å². The van der Waals surface area contributed by atoms with Crippen LogP contribution in [0.3, 0.4) is 0 Å². The van der Waals surface area contributed by atoms with Crippen molar-refractivity contribution in [1.82, 2.24) is 5.32 Å². The zero-order valence-electron chi connectivity index (χ0n) is 14.1. The van der Waals surface area contributed by atoms with E-state index in [0.29, 0.717) is 6.04 Å². The van der Waals surface area contributed by atoms with E-state index in [9.17, 15) is 0 Å². The molecule has 0 aliphatic rings. The Kier molecular flexibility index (Phi) is 9.02. The van der Waals surface area contributed by atoms with Gasteiger partial charge in [-0.25, -0.2) is 0 Å². The molecule has 0 aliphatic heterocycles. The maximum atomic E-state index is 3.63. The van der Waals surface area contributed by atoms with Crippen molar-refractivity contribution >= 4 is 21.6 Å². The van der Waals surface area contributed by atoms with E-state index in [1.54, 1.807) is 0 Å². The first-order chi connectivity index (χ1) is 10.1. The minimum absolute atomic E-state index is 0.529. The van der Waals surface area contributed by atoms with Gasteiger partial charge in [-0.3, -0.25) is 0 Å². The zero-order valence-corrected chi connectivity index (χ0v) is 15.7. The van der Waals surface area contributed by atoms with Crippen LogP contribution >= 0.6 is 15.9 Å². The lowest BCUT2D eigenvalue weighted by Gasteiger charge is -2.31. The van der Waals surface area contributed by atoms with Crippen LogP contribution in [-0.4, -0.2) is 19.1 Å². The first-order valence-electron chi connectivity index (χ1n) is 8.35. The third kappa shape index (κ3) is 6.39. The minimum Gasteiger partial charge on any atom is -0.369 e. The second-order valence-electron chi connectivity index (χ2n) is 5.94. The van der Waals surface area contributed by atoms with Gasteiger partial charge in [0.1, 0.15) is 0 Å². The summed E-state index contributed by atoms with van der Waals surface area (Å²) in [5.41, 5.74) is 2.77. The summed E-state index contributed by atoms with van der Waals surface area (Å²) in [4.78, 5) is 2.55. The van der Waals surface area contributed by atoms with Crippen LogP contribution in [-0.2, 0) is 6.54 Å². The van der Waals surface area contributed by atoms with Gasteiger partial charge in [0.05, 0.1) is 0 Å². The molecule has 0 amide bonds. The number of unbranched alkanes of at least 4 members (excludes halogenated alkanes) is 2. The molecule has 0 unspecified atom stereocenters. The van der Waals surface area contributed by atoms with E-state index in [0.717, 1.165) is 24.1 Å². The summed E-state index contributed by atoms with van der Waals surface area (Å²) in [6.07, 6.45) is 5.02. The first kappa shape index (κ1) is 18.5. The summed E-state index contributed by atoms with van der Waals surface area (Å²) in [6, 6.07) is 7.20. The van der Waals surface area contributed by atoms with Crippen LogP contribution in [0.1, 0.15) is 58.9 Å². The molecule has 0 fully saturated rings. The molecule has 0 bridgehead atoms. The average molecular weight is 355 g/mol. The van der Waals surface area contributed by atoms with E-state index in [4.69, 9.17) is 0 Å². The van der Waals surface area contributed by atoms with Gasteiger partial charge >= 0.3 is 0 Å². The molecule has 3 heteroatoms. The molecule has 1 aromatic carbocycles. The van der Waals surface area contributed by atoms with E-state index >= 15 is 0 Å². The lowest BCUT2D eigenvalue weighted by molar-refractivity contribution is 0.618. The Morgan fingerprint density at radius 3 is 2.52 bits per heavy atom. The van der Waals surface area contributed by atoms with E-state index in [1.165, 1.54) is 36.9 Å². The summed E-state index contributed by atoms with van der Waals surface area (Å²) in [7, 11) is 0. The predicted octanol–water partition coefficient (Wildman–Crippen LogP) is 5.35. The maximum Gasteiger partial charge on any atom is 0.0425 e. The van der Waals surface area contributed by atoms with E-state index in [1.807, 2.05) is 0 Å². The average Bonchev–Trinajstić information content (AvgIpc) is 2.45. The highest BCUT2D eigenvalue weighted by Crippen LogP contribution is 2.27. The zero-order chi connectivity index (χ0) is 15.7. The summed E-state index contributed by atoms with van der Waals surface area (Å²) in [6.45, 7) is 12.2. The van der Waals surface area contributed by atoms with Gasteiger partial charge in [-0.05, 0) is 50.9 Å². The number of nitrogens with zero attached hydrogens (tertiary/aromatic N) is 1. The third-order valence-corrected chi connectivity index (χ3v) is 4.22. The van der Waals surface area contributed by atoms with Crippen LogP contribution in [0.4, 0.5) is 5.69 Å². The van der Waals surface area contributed by atoms with Crippen LogP contribution in [0, 0.1) is 0 Å². The van der Waals surface area contributed by atoms with Gasteiger partial charge in [0.2, 0.25) is 0 Å². The van der Waals surface area contributed by atoms with Gasteiger partial charge in [-0.15, -0.1) is 0 Å². The molecule has 1 rings (SSSR count). The summed E-state index contributed by atoms with van der Waals surface area (Å²) < 4.78 is 1.16. The minimum atomic E-state index is 0.529. The van der Waals surface area contributed by atoms with Gasteiger partial charge in [-0.1, -0.05) is 48.7 Å². The van der Waals surface area contributed by atoms with Gasteiger partial charge in [0.15, 0.2) is 0 Å². The topological polar surface area (TPSA) is 15.3 Å². The molecule has 0 saturated carbocycles. The quantitative estimate of drug-likeness (QED) is 0.569. The smallest absolute Gasteiger partial charge is 0.0425 e. The van der Waals surface area contributed by atoms with Crippen LogP contribution < -0.4 is 10.2 Å². The molecule has 120 valence electrons. The van der Waals surface area contributed by atoms with Crippen LogP contribution in [0.15, 0.2) is 22.7 Å². The summed E-state index contributed by atoms with van der Waals surface area (Å²) in [5, 5.41) is 3.53. The van der Waals surface area contributed by atoms with Crippen molar-refractivity contribution in [2.24, 2.45) is 0 Å². The number of hydrogen-bond acceptors (Lipinski definition) is 2. The van der Waals surface area contributed by atoms with Crippen molar-refractivity contribution in [3.63, 3.8) is 0 Å². The SMILES string of the molecule is CCCCCN(c1cc(Br)ccc1CNCCC)C(C)C. The molecule has 0 aromatic heterocycles. The van der Waals surface area contributed by atoms with E-state index in [2.05, 4.69) is 72.0 Å². The van der Waals surface area contributed by atoms with Gasteiger partial charge in [-0.2, -0.15) is 0 Å². The molecule has 0 saturated heterocycles. The van der Waals surface area contributed by atoms with Crippen LogP contribution in [0.25, 0.3) is 0 Å². The third-order valence-electron chi connectivity index (χ3n) is 3.72. The lowest BCUT2D eigenvalue weighted by Crippen LogP contribution is -2.33. The number of nitrogens with one attached hydrogen (secondary N) is 1. The summed E-state index contributed by atoms with van der Waals surface area (Å²) in [5.74, 6) is 0. The molecule has 21 heavy (non-hydrogen) atoms. The van der Waals surface area contributed by atoms with Gasteiger partial charge in [0, 0.05) is 29.3 Å². The van der Waals surface area contributed by atoms with Crippen LogP contribution in [0.5, 0.6) is 0 Å². The molecule has 2 nitrogen and oxygen atoms in total. The molecule has 1 N–H and O–H groups in total. The Morgan fingerprint density at radius 1 is 1.14 bits per heavy atom. The van der Waals surface area contributed by atoms with Gasteiger partial charge in [0.25, 0.3) is 0 Å². The van der Waals surface area contributed by atoms with Gasteiger partial charge < -0.3 is 10.2 Å². The lowest BCUT2D eigenvalue weighted by atomic mass is 10.1. The highest BCUT2D eigenvalue weighted by Gasteiger charge is 2.14. The largest absolute Gasteiger partial charge is 0.369 e. The highest BCUT2D eigenvalue weighted by molar-refractivity contribution is 9.10. The molecule has 0 aliphatic carbocycles. The second kappa shape index (κ2) is 10.2. The number of benzene rings is 1. The monoisotopic (exact) mass is 354 g/mol. The van der Waals surface area contributed by atoms with Crippen molar-refractivity contribution in [1.29, 1.82) is 0 Å². The molecule has 1 aromatic rings. The molecule has 0 heterocycles. The molecular formula is C18H31BrN2. The number of anilines is 1. The number of halogens is 1. The number of rotatable bonds is 10. The van der Waals surface area contributed by atoms with Crippen molar-refractivity contribution in [3.8, 4) is 0 Å². The van der Waals surface area contributed by atoms with E-state index < -0.39 is 0 Å². The Morgan fingerprint density at radius 2 is 1.90 bits per heavy atom. The second-order valence-corrected chi connectivity index (χ2v) is 6.86. The first-order valence-corrected chi connectivity index (χ1v) is 9.15. The fourth-order valence-electron chi connectivity index (χ4n) is 2.54. The summed E-state index contributed by atoms with van der Waals surface area (Å²) >= 11 is 3.63. The van der Waals surface area contributed by atoms with Crippen LogP contribution in [0.2, 0.25) is 0 Å². The normalized spacial score (nSPS) is 11.1. The van der Waals surface area contributed by atoms with Crippen molar-refractivity contribution in [2.45, 2.75) is 66.0 Å². The fourth-order valence-corrected chi connectivity index (χ4v) is 2.89.